The van der Waals surface area contributed by atoms with Gasteiger partial charge >= 0.3 is 0 Å². The predicted molar refractivity (Wildman–Crippen MR) is 81.2 cm³/mol. The molecule has 1 aromatic carbocycles. The summed E-state index contributed by atoms with van der Waals surface area (Å²) >= 11 is 2.97. The van der Waals surface area contributed by atoms with Crippen molar-refractivity contribution in [1.29, 1.82) is 0 Å². The molecule has 0 aliphatic rings. The van der Waals surface area contributed by atoms with Gasteiger partial charge in [-0.3, -0.25) is 0 Å². The Balaban J connectivity index is 1.84. The minimum Gasteiger partial charge on any atom is -0.496 e. The number of benzene rings is 1. The molecule has 2 N–H and O–H groups in total. The van der Waals surface area contributed by atoms with Crippen molar-refractivity contribution in [2.24, 2.45) is 0 Å². The quantitative estimate of drug-likeness (QED) is 0.802. The predicted octanol–water partition coefficient (Wildman–Crippen LogP) is 2.84. The van der Waals surface area contributed by atoms with Crippen molar-refractivity contribution in [2.75, 3.05) is 12.8 Å². The van der Waals surface area contributed by atoms with E-state index in [2.05, 4.69) is 15.2 Å². The molecule has 0 unspecified atom stereocenters. The normalized spacial score (nSPS) is 10.7. The molecule has 5 nitrogen and oxygen atoms in total. The van der Waals surface area contributed by atoms with Gasteiger partial charge in [0.1, 0.15) is 5.75 Å². The Kier molecular flexibility index (Phi) is 3.62. The monoisotopic (exact) mass is 304 g/mol. The van der Waals surface area contributed by atoms with E-state index in [0.29, 0.717) is 5.13 Å². The molecule has 0 radical (unpaired) electrons. The van der Waals surface area contributed by atoms with Gasteiger partial charge < -0.3 is 10.5 Å². The number of nitrogens with zero attached hydrogens (tertiary/aromatic N) is 3. The van der Waals surface area contributed by atoms with Gasteiger partial charge in [0, 0.05) is 18.2 Å². The first-order chi connectivity index (χ1) is 9.76. The molecule has 2 aromatic heterocycles. The van der Waals surface area contributed by atoms with Crippen LogP contribution in [0.4, 0.5) is 5.13 Å². The van der Waals surface area contributed by atoms with Crippen LogP contribution in [0.1, 0.15) is 10.6 Å². The Morgan fingerprint density at radius 2 is 2.05 bits per heavy atom. The number of nitrogens with two attached hydrogens (primary N) is 1. The van der Waals surface area contributed by atoms with E-state index in [-0.39, 0.29) is 0 Å². The minimum absolute atomic E-state index is 0.472. The lowest BCUT2D eigenvalue weighted by Gasteiger charge is -2.05. The highest BCUT2D eigenvalue weighted by atomic mass is 32.1. The number of thiazole rings is 1. The summed E-state index contributed by atoms with van der Waals surface area (Å²) in [5.41, 5.74) is 6.72. The van der Waals surface area contributed by atoms with Crippen molar-refractivity contribution < 1.29 is 4.74 Å². The number of nitrogen functional groups attached to an aromatic ring is 1. The molecule has 0 bridgehead atoms. The van der Waals surface area contributed by atoms with Gasteiger partial charge in [-0.05, 0) is 6.07 Å². The van der Waals surface area contributed by atoms with Crippen LogP contribution in [0, 0.1) is 0 Å². The Bertz CT molecular complexity index is 722. The number of hydrogen-bond donors (Lipinski definition) is 1. The maximum atomic E-state index is 5.60. The van der Waals surface area contributed by atoms with Crippen LogP contribution in [0.5, 0.6) is 5.75 Å². The van der Waals surface area contributed by atoms with Gasteiger partial charge in [0.05, 0.1) is 17.0 Å². The fourth-order valence-electron chi connectivity index (χ4n) is 1.84. The van der Waals surface area contributed by atoms with Gasteiger partial charge in [-0.15, -0.1) is 21.5 Å². The van der Waals surface area contributed by atoms with Crippen LogP contribution in [-0.2, 0) is 6.42 Å². The summed E-state index contributed by atoms with van der Waals surface area (Å²) in [6.45, 7) is 0. The summed E-state index contributed by atoms with van der Waals surface area (Å²) in [5.74, 6) is 0.879. The summed E-state index contributed by atoms with van der Waals surface area (Å²) in [6, 6.07) is 7.95. The van der Waals surface area contributed by atoms with Gasteiger partial charge in [-0.2, -0.15) is 0 Å². The van der Waals surface area contributed by atoms with E-state index < -0.39 is 0 Å². The third kappa shape index (κ3) is 2.63. The number of methoxy groups -OCH3 is 1. The molecular formula is C13H12N4OS2. The number of ether oxygens (including phenoxy) is 1. The first-order valence-corrected chi connectivity index (χ1v) is 7.55. The molecule has 102 valence electrons. The highest BCUT2D eigenvalue weighted by molar-refractivity contribution is 7.23. The zero-order valence-electron chi connectivity index (χ0n) is 10.7. The van der Waals surface area contributed by atoms with E-state index in [1.165, 1.54) is 11.3 Å². The summed E-state index contributed by atoms with van der Waals surface area (Å²) in [5, 5.41) is 10.1. The topological polar surface area (TPSA) is 73.9 Å². The van der Waals surface area contributed by atoms with Gasteiger partial charge in [-0.1, -0.05) is 29.5 Å². The van der Waals surface area contributed by atoms with Gasteiger partial charge in [-0.25, -0.2) is 4.98 Å². The van der Waals surface area contributed by atoms with Crippen molar-refractivity contribution in [3.05, 3.63) is 41.0 Å². The SMILES string of the molecule is COc1ccccc1Cc1ncc(-c2nnc(N)s2)s1. The summed E-state index contributed by atoms with van der Waals surface area (Å²) < 4.78 is 5.35. The van der Waals surface area contributed by atoms with Crippen molar-refractivity contribution in [3.63, 3.8) is 0 Å². The summed E-state index contributed by atoms with van der Waals surface area (Å²) in [4.78, 5) is 5.42. The lowest BCUT2D eigenvalue weighted by Crippen LogP contribution is -1.92. The Labute approximate surface area is 124 Å². The van der Waals surface area contributed by atoms with E-state index in [0.717, 1.165) is 32.6 Å². The molecule has 0 aliphatic heterocycles. The van der Waals surface area contributed by atoms with Crippen LogP contribution in [0.25, 0.3) is 9.88 Å². The maximum Gasteiger partial charge on any atom is 0.203 e. The van der Waals surface area contributed by atoms with Crippen LogP contribution in [0.15, 0.2) is 30.5 Å². The third-order valence-electron chi connectivity index (χ3n) is 2.74. The zero-order chi connectivity index (χ0) is 13.9. The van der Waals surface area contributed by atoms with E-state index in [1.54, 1.807) is 18.4 Å². The van der Waals surface area contributed by atoms with E-state index in [9.17, 15) is 0 Å². The molecule has 3 rings (SSSR count). The molecule has 0 fully saturated rings. The van der Waals surface area contributed by atoms with Gasteiger partial charge in [0.2, 0.25) is 5.13 Å². The smallest absolute Gasteiger partial charge is 0.203 e. The Morgan fingerprint density at radius 1 is 1.20 bits per heavy atom. The lowest BCUT2D eigenvalue weighted by molar-refractivity contribution is 0.410. The second kappa shape index (κ2) is 5.56. The number of rotatable bonds is 4. The second-order valence-corrected chi connectivity index (χ2v) is 6.18. The van der Waals surface area contributed by atoms with E-state index >= 15 is 0 Å². The van der Waals surface area contributed by atoms with Crippen LogP contribution in [-0.4, -0.2) is 22.3 Å². The van der Waals surface area contributed by atoms with Crippen LogP contribution in [0.2, 0.25) is 0 Å². The van der Waals surface area contributed by atoms with E-state index in [4.69, 9.17) is 10.5 Å². The average Bonchev–Trinajstić information content (AvgIpc) is 3.08. The molecule has 0 aliphatic carbocycles. The lowest BCUT2D eigenvalue weighted by atomic mass is 10.1. The fourth-order valence-corrected chi connectivity index (χ4v) is 3.42. The summed E-state index contributed by atoms with van der Waals surface area (Å²) in [6.07, 6.45) is 2.55. The Hall–Kier alpha value is -1.99. The van der Waals surface area contributed by atoms with E-state index in [1.807, 2.05) is 30.5 Å². The molecule has 2 heterocycles. The molecule has 20 heavy (non-hydrogen) atoms. The zero-order valence-corrected chi connectivity index (χ0v) is 12.4. The highest BCUT2D eigenvalue weighted by Gasteiger charge is 2.11. The van der Waals surface area contributed by atoms with Crippen LogP contribution in [0.3, 0.4) is 0 Å². The molecule has 0 amide bonds. The third-order valence-corrected chi connectivity index (χ3v) is 4.66. The van der Waals surface area contributed by atoms with Crippen molar-refractivity contribution >= 4 is 27.8 Å². The first kappa shape index (κ1) is 13.0. The van der Waals surface area contributed by atoms with Crippen molar-refractivity contribution in [3.8, 4) is 15.6 Å². The van der Waals surface area contributed by atoms with Gasteiger partial charge in [0.15, 0.2) is 5.01 Å². The molecule has 7 heteroatoms. The number of anilines is 1. The average molecular weight is 304 g/mol. The van der Waals surface area contributed by atoms with Crippen molar-refractivity contribution in [1.82, 2.24) is 15.2 Å². The number of para-hydroxylation sites is 1. The maximum absolute atomic E-state index is 5.60. The molecule has 3 aromatic rings. The molecule has 0 saturated carbocycles. The molecule has 0 spiro atoms. The highest BCUT2D eigenvalue weighted by Crippen LogP contribution is 2.31. The standard InChI is InChI=1S/C13H12N4OS2/c1-18-9-5-3-2-4-8(9)6-11-15-7-10(19-11)12-16-17-13(14)20-12/h2-5,7H,6H2,1H3,(H2,14,17). The summed E-state index contributed by atoms with van der Waals surface area (Å²) in [7, 11) is 1.68. The van der Waals surface area contributed by atoms with Gasteiger partial charge in [0.25, 0.3) is 0 Å². The molecule has 0 saturated heterocycles. The first-order valence-electron chi connectivity index (χ1n) is 5.92. The largest absolute Gasteiger partial charge is 0.496 e. The number of aromatic nitrogens is 3. The molecular weight excluding hydrogens is 292 g/mol. The van der Waals surface area contributed by atoms with Crippen LogP contribution < -0.4 is 10.5 Å². The second-order valence-electron chi connectivity index (χ2n) is 4.05. The van der Waals surface area contributed by atoms with Crippen LogP contribution >= 0.6 is 22.7 Å². The minimum atomic E-state index is 0.472. The molecule has 0 atom stereocenters. The van der Waals surface area contributed by atoms with Crippen molar-refractivity contribution in [2.45, 2.75) is 6.42 Å². The number of hydrogen-bond acceptors (Lipinski definition) is 7. The Morgan fingerprint density at radius 3 is 2.80 bits per heavy atom. The fraction of sp³-hybridized carbons (Fsp3) is 0.154.